The van der Waals surface area contributed by atoms with E-state index in [1.54, 1.807) is 0 Å². The summed E-state index contributed by atoms with van der Waals surface area (Å²) in [6.07, 6.45) is 0. The van der Waals surface area contributed by atoms with E-state index in [9.17, 15) is 37.8 Å². The first-order valence-corrected chi connectivity index (χ1v) is 11.8. The minimum absolute atomic E-state index is 0. The zero-order valence-corrected chi connectivity index (χ0v) is 30.3. The Hall–Kier alpha value is 4.44. The van der Waals surface area contributed by atoms with Gasteiger partial charge in [-0.3, -0.25) is 0 Å². The Bertz CT molecular complexity index is 340. The van der Waals surface area contributed by atoms with Crippen molar-refractivity contribution in [2.75, 3.05) is 52.9 Å². The molecule has 0 amide bonds. The van der Waals surface area contributed by atoms with Crippen molar-refractivity contribution in [3.8, 4) is 0 Å². The van der Waals surface area contributed by atoms with Crippen LogP contribution in [0.1, 0.15) is 0 Å². The number of hydrogen-bond donors (Lipinski definition) is 4. The first-order chi connectivity index (χ1) is 13.1. The van der Waals surface area contributed by atoms with Crippen LogP contribution in [0, 0.1) is 0 Å². The molecule has 0 rings (SSSR count). The van der Waals surface area contributed by atoms with Crippen LogP contribution < -0.4 is 138 Å². The molecular formula is C8H24Na4O16P4. The standard InChI is InChI=1S/4C2H7O4P.4Na/c4*3-1-2-6-7(4)5;;;;/h4*3,7H,1-2H2,(H,4,5);;;;/q;;;;4*+1/p-4. The summed E-state index contributed by atoms with van der Waals surface area (Å²) in [5.74, 6) is 0. The Morgan fingerprint density at radius 3 is 0.594 bits per heavy atom. The summed E-state index contributed by atoms with van der Waals surface area (Å²) in [4.78, 5) is 38.0. The summed E-state index contributed by atoms with van der Waals surface area (Å²) in [7, 11) is -12.2. The van der Waals surface area contributed by atoms with Crippen LogP contribution >= 0.6 is 33.0 Å². The van der Waals surface area contributed by atoms with Crippen LogP contribution in [0.2, 0.25) is 0 Å². The molecule has 4 N–H and O–H groups in total. The van der Waals surface area contributed by atoms with Gasteiger partial charge in [0.05, 0.1) is 52.9 Å². The van der Waals surface area contributed by atoms with E-state index in [1.807, 2.05) is 0 Å². The van der Waals surface area contributed by atoms with Gasteiger partial charge in [0.25, 0.3) is 0 Å². The average Bonchev–Trinajstić information content (AvgIpc) is 2.62. The summed E-state index contributed by atoms with van der Waals surface area (Å²) in [5, 5.41) is 31.7. The Balaban J connectivity index is -0.0000000384. The van der Waals surface area contributed by atoms with Crippen LogP contribution in [-0.4, -0.2) is 73.3 Å². The third-order valence-corrected chi connectivity index (χ3v) is 3.00. The summed E-state index contributed by atoms with van der Waals surface area (Å²) in [6.45, 7) is -1.50. The van der Waals surface area contributed by atoms with Gasteiger partial charge in [0.15, 0.2) is 0 Å². The fourth-order valence-corrected chi connectivity index (χ4v) is 1.55. The Labute approximate surface area is 276 Å². The van der Waals surface area contributed by atoms with Crippen molar-refractivity contribution in [3.63, 3.8) is 0 Å². The second kappa shape index (κ2) is 52.0. The molecule has 0 radical (unpaired) electrons. The molecule has 0 aliphatic carbocycles. The minimum atomic E-state index is -3.06. The average molecular weight is 592 g/mol. The molecule has 0 aromatic rings. The molecule has 0 saturated heterocycles. The zero-order valence-electron chi connectivity index (χ0n) is 18.3. The maximum Gasteiger partial charge on any atom is 1.00 e. The second-order valence-corrected chi connectivity index (χ2v) is 6.44. The predicted molar refractivity (Wildman–Crippen MR) is 88.2 cm³/mol. The van der Waals surface area contributed by atoms with E-state index < -0.39 is 33.0 Å². The van der Waals surface area contributed by atoms with E-state index in [2.05, 4.69) is 18.1 Å². The summed E-state index contributed by atoms with van der Waals surface area (Å²) < 4.78 is 53.7. The van der Waals surface area contributed by atoms with Crippen LogP contribution in [-0.2, 0) is 36.4 Å². The minimum Gasteiger partial charge on any atom is -0.781 e. The monoisotopic (exact) mass is 592 g/mol. The van der Waals surface area contributed by atoms with Gasteiger partial charge in [-0.15, -0.1) is 0 Å². The fourth-order valence-electron chi connectivity index (χ4n) is 0.516. The van der Waals surface area contributed by atoms with E-state index in [0.29, 0.717) is 0 Å². The molecule has 0 spiro atoms. The topological polar surface area (TPSA) is 278 Å². The molecule has 0 aliphatic rings. The number of hydrogen-bond acceptors (Lipinski definition) is 16. The number of rotatable bonds is 12. The van der Waals surface area contributed by atoms with Crippen molar-refractivity contribution < 1.29 is 195 Å². The Kier molecular flexibility index (Phi) is 91.9. The molecule has 0 fully saturated rings. The SMILES string of the molecule is O=[PH]([O-])OCCO.O=[PH]([O-])OCCO.O=[PH]([O-])OCCO.O=[PH]([O-])OCCO.[Na+].[Na+].[Na+].[Na+]. The van der Waals surface area contributed by atoms with Crippen LogP contribution in [0.4, 0.5) is 0 Å². The van der Waals surface area contributed by atoms with Crippen molar-refractivity contribution in [3.05, 3.63) is 0 Å². The van der Waals surface area contributed by atoms with E-state index in [0.717, 1.165) is 0 Å². The van der Waals surface area contributed by atoms with E-state index >= 15 is 0 Å². The van der Waals surface area contributed by atoms with Crippen LogP contribution in [0.15, 0.2) is 0 Å². The molecule has 0 aliphatic heterocycles. The van der Waals surface area contributed by atoms with Gasteiger partial charge >= 0.3 is 118 Å². The molecule has 0 bridgehead atoms. The predicted octanol–water partition coefficient (Wildman–Crippen LogP) is -17.0. The van der Waals surface area contributed by atoms with Crippen LogP contribution in [0.3, 0.4) is 0 Å². The van der Waals surface area contributed by atoms with Crippen LogP contribution in [0.5, 0.6) is 0 Å². The van der Waals surface area contributed by atoms with Gasteiger partial charge < -0.3 is 76.4 Å². The van der Waals surface area contributed by atoms with Crippen molar-refractivity contribution in [2.24, 2.45) is 0 Å². The third-order valence-electron chi connectivity index (χ3n) is 1.24. The molecule has 32 heavy (non-hydrogen) atoms. The Morgan fingerprint density at radius 2 is 0.562 bits per heavy atom. The van der Waals surface area contributed by atoms with Gasteiger partial charge in [-0.25, -0.2) is 0 Å². The van der Waals surface area contributed by atoms with Gasteiger partial charge in [-0.1, -0.05) is 0 Å². The van der Waals surface area contributed by atoms with E-state index in [4.69, 9.17) is 20.4 Å². The maximum absolute atomic E-state index is 9.50. The van der Waals surface area contributed by atoms with Gasteiger partial charge in [-0.05, 0) is 0 Å². The van der Waals surface area contributed by atoms with Crippen molar-refractivity contribution in [2.45, 2.75) is 0 Å². The first kappa shape index (κ1) is 56.6. The molecule has 4 unspecified atom stereocenters. The van der Waals surface area contributed by atoms with Gasteiger partial charge in [-0.2, -0.15) is 0 Å². The van der Waals surface area contributed by atoms with Crippen molar-refractivity contribution in [1.29, 1.82) is 0 Å². The van der Waals surface area contributed by atoms with Gasteiger partial charge in [0, 0.05) is 0 Å². The largest absolute Gasteiger partial charge is 1.00 e. The third kappa shape index (κ3) is 92.2. The maximum atomic E-state index is 9.50. The molecular weight excluding hydrogens is 568 g/mol. The molecule has 176 valence electrons. The summed E-state index contributed by atoms with van der Waals surface area (Å²) in [5.41, 5.74) is 0. The fraction of sp³-hybridized carbons (Fsp3) is 1.00. The molecule has 24 heteroatoms. The van der Waals surface area contributed by atoms with Crippen LogP contribution in [0.25, 0.3) is 0 Å². The van der Waals surface area contributed by atoms with Crippen molar-refractivity contribution in [1.82, 2.24) is 0 Å². The molecule has 0 heterocycles. The molecule has 0 aromatic carbocycles. The smallest absolute Gasteiger partial charge is 0.781 e. The normalized spacial score (nSPS) is 12.2. The van der Waals surface area contributed by atoms with E-state index in [-0.39, 0.29) is 171 Å². The quantitative estimate of drug-likeness (QED) is 0.121. The number of aliphatic hydroxyl groups is 4. The van der Waals surface area contributed by atoms with E-state index in [1.165, 1.54) is 0 Å². The molecule has 16 nitrogen and oxygen atoms in total. The molecule has 0 saturated carbocycles. The summed E-state index contributed by atoms with van der Waals surface area (Å²) in [6, 6.07) is 0. The summed E-state index contributed by atoms with van der Waals surface area (Å²) >= 11 is 0. The molecule has 0 aromatic heterocycles. The molecule has 4 atom stereocenters. The van der Waals surface area contributed by atoms with Gasteiger partial charge in [0.2, 0.25) is 0 Å². The van der Waals surface area contributed by atoms with Crippen molar-refractivity contribution >= 4 is 33.0 Å². The number of aliphatic hydroxyl groups excluding tert-OH is 4. The zero-order chi connectivity index (χ0) is 22.8. The van der Waals surface area contributed by atoms with Gasteiger partial charge in [0.1, 0.15) is 33.0 Å². The Morgan fingerprint density at radius 1 is 0.438 bits per heavy atom. The second-order valence-electron chi connectivity index (χ2n) is 3.29. The first-order valence-electron chi connectivity index (χ1n) is 6.87.